The van der Waals surface area contributed by atoms with Crippen LogP contribution in [0.5, 0.6) is 0 Å². The number of ether oxygens (including phenoxy) is 1. The van der Waals surface area contributed by atoms with Crippen LogP contribution in [0.1, 0.15) is 62.7 Å². The van der Waals surface area contributed by atoms with Gasteiger partial charge in [-0.25, -0.2) is 13.1 Å². The number of rotatable bonds is 7. The standard InChI is InChI=1S/C22H35N3O4S/c1-16(2)17-8-10-19(11-9-17)29-15-21-20(24-30(3,27)28)7-5-13-25(21)22(26)18-6-4-12-23-14-18/h4,6,12,14,16-17,19-21,24H,5,7-11,13,15H2,1-3H3/t17?,19?,20-,21-/m0/s1. The molecule has 0 bridgehead atoms. The van der Waals surface area contributed by atoms with Crippen molar-refractivity contribution in [1.82, 2.24) is 14.6 Å². The molecule has 2 atom stereocenters. The Kier molecular flexibility index (Phi) is 7.87. The highest BCUT2D eigenvalue weighted by molar-refractivity contribution is 7.88. The van der Waals surface area contributed by atoms with Crippen molar-refractivity contribution in [3.8, 4) is 0 Å². The summed E-state index contributed by atoms with van der Waals surface area (Å²) in [5.74, 6) is 1.32. The first kappa shape index (κ1) is 23.2. The smallest absolute Gasteiger partial charge is 0.255 e. The van der Waals surface area contributed by atoms with Gasteiger partial charge in [-0.15, -0.1) is 0 Å². The number of piperidine rings is 1. The zero-order valence-electron chi connectivity index (χ0n) is 18.3. The van der Waals surface area contributed by atoms with Crippen LogP contribution in [-0.4, -0.2) is 61.8 Å². The van der Waals surface area contributed by atoms with Crippen LogP contribution in [0.25, 0.3) is 0 Å². The van der Waals surface area contributed by atoms with E-state index in [1.165, 1.54) is 6.26 Å². The monoisotopic (exact) mass is 437 g/mol. The van der Waals surface area contributed by atoms with Gasteiger partial charge in [0, 0.05) is 25.0 Å². The quantitative estimate of drug-likeness (QED) is 0.709. The zero-order chi connectivity index (χ0) is 21.7. The van der Waals surface area contributed by atoms with Gasteiger partial charge in [0.2, 0.25) is 10.0 Å². The maximum Gasteiger partial charge on any atom is 0.255 e. The lowest BCUT2D eigenvalue weighted by atomic mass is 9.80. The highest BCUT2D eigenvalue weighted by atomic mass is 32.2. The number of pyridine rings is 1. The molecular weight excluding hydrogens is 402 g/mol. The maximum absolute atomic E-state index is 13.1. The predicted molar refractivity (Wildman–Crippen MR) is 117 cm³/mol. The molecule has 0 aromatic carbocycles. The van der Waals surface area contributed by atoms with Crippen molar-refractivity contribution in [2.45, 2.75) is 70.6 Å². The second-order valence-corrected chi connectivity index (χ2v) is 10.8. The minimum Gasteiger partial charge on any atom is -0.376 e. The Hall–Kier alpha value is -1.51. The molecular formula is C22H35N3O4S. The average Bonchev–Trinajstić information content (AvgIpc) is 2.72. The molecule has 8 heteroatoms. The molecule has 1 aliphatic heterocycles. The fraction of sp³-hybridized carbons (Fsp3) is 0.727. The normalized spacial score (nSPS) is 27.9. The van der Waals surface area contributed by atoms with E-state index in [9.17, 15) is 13.2 Å². The number of aromatic nitrogens is 1. The molecule has 1 N–H and O–H groups in total. The highest BCUT2D eigenvalue weighted by Gasteiger charge is 2.37. The van der Waals surface area contributed by atoms with Crippen LogP contribution in [0.2, 0.25) is 0 Å². The molecule has 30 heavy (non-hydrogen) atoms. The van der Waals surface area contributed by atoms with Gasteiger partial charge in [-0.2, -0.15) is 0 Å². The molecule has 0 radical (unpaired) electrons. The van der Waals surface area contributed by atoms with Crippen molar-refractivity contribution in [2.24, 2.45) is 11.8 Å². The van der Waals surface area contributed by atoms with Crippen LogP contribution in [0.4, 0.5) is 0 Å². The van der Waals surface area contributed by atoms with E-state index in [1.807, 2.05) is 0 Å². The molecule has 0 spiro atoms. The van der Waals surface area contributed by atoms with Gasteiger partial charge in [-0.05, 0) is 62.5 Å². The number of likely N-dealkylation sites (tertiary alicyclic amines) is 1. The van der Waals surface area contributed by atoms with Crippen LogP contribution in [0.15, 0.2) is 24.5 Å². The lowest BCUT2D eigenvalue weighted by molar-refractivity contribution is -0.0282. The summed E-state index contributed by atoms with van der Waals surface area (Å²) in [6, 6.07) is 2.81. The largest absolute Gasteiger partial charge is 0.376 e. The number of nitrogens with one attached hydrogen (secondary N) is 1. The first-order chi connectivity index (χ1) is 14.2. The third-order valence-corrected chi connectivity index (χ3v) is 7.21. The van der Waals surface area contributed by atoms with Crippen molar-refractivity contribution < 1.29 is 17.9 Å². The molecule has 1 aromatic heterocycles. The van der Waals surface area contributed by atoms with Crippen LogP contribution < -0.4 is 4.72 Å². The van der Waals surface area contributed by atoms with E-state index in [4.69, 9.17) is 4.74 Å². The number of carbonyl (C=O) groups excluding carboxylic acids is 1. The van der Waals surface area contributed by atoms with Crippen molar-refractivity contribution in [3.05, 3.63) is 30.1 Å². The number of hydrogen-bond donors (Lipinski definition) is 1. The zero-order valence-corrected chi connectivity index (χ0v) is 19.1. The topological polar surface area (TPSA) is 88.6 Å². The molecule has 2 heterocycles. The second-order valence-electron chi connectivity index (χ2n) is 9.06. The Labute approximate surface area is 180 Å². The summed E-state index contributed by atoms with van der Waals surface area (Å²) >= 11 is 0. The molecule has 1 amide bonds. The summed E-state index contributed by atoms with van der Waals surface area (Å²) in [4.78, 5) is 19.0. The van der Waals surface area contributed by atoms with Gasteiger partial charge in [0.15, 0.2) is 0 Å². The summed E-state index contributed by atoms with van der Waals surface area (Å²) in [5, 5.41) is 0. The Morgan fingerprint density at radius 2 is 2.00 bits per heavy atom. The molecule has 2 aliphatic rings. The van der Waals surface area contributed by atoms with Gasteiger partial charge in [-0.3, -0.25) is 9.78 Å². The molecule has 1 aromatic rings. The molecule has 0 unspecified atom stereocenters. The Bertz CT molecular complexity index is 792. The van der Waals surface area contributed by atoms with E-state index in [2.05, 4.69) is 23.6 Å². The van der Waals surface area contributed by atoms with Crippen molar-refractivity contribution >= 4 is 15.9 Å². The average molecular weight is 438 g/mol. The Morgan fingerprint density at radius 1 is 1.27 bits per heavy atom. The summed E-state index contributed by atoms with van der Waals surface area (Å²) in [6.45, 7) is 5.48. The molecule has 7 nitrogen and oxygen atoms in total. The summed E-state index contributed by atoms with van der Waals surface area (Å²) in [7, 11) is -3.39. The van der Waals surface area contributed by atoms with Crippen LogP contribution in [0, 0.1) is 11.8 Å². The van der Waals surface area contributed by atoms with Gasteiger partial charge in [0.1, 0.15) is 0 Å². The second kappa shape index (κ2) is 10.2. The summed E-state index contributed by atoms with van der Waals surface area (Å²) < 4.78 is 32.9. The number of sulfonamides is 1. The van der Waals surface area contributed by atoms with Gasteiger partial charge >= 0.3 is 0 Å². The predicted octanol–water partition coefficient (Wildman–Crippen LogP) is 2.84. The fourth-order valence-electron chi connectivity index (χ4n) is 4.74. The number of hydrogen-bond acceptors (Lipinski definition) is 5. The molecule has 3 rings (SSSR count). The van der Waals surface area contributed by atoms with Crippen molar-refractivity contribution in [1.29, 1.82) is 0 Å². The fourth-order valence-corrected chi connectivity index (χ4v) is 5.56. The van der Waals surface area contributed by atoms with E-state index in [0.29, 0.717) is 31.1 Å². The van der Waals surface area contributed by atoms with Gasteiger partial charge < -0.3 is 9.64 Å². The first-order valence-electron chi connectivity index (χ1n) is 11.0. The van der Waals surface area contributed by atoms with Crippen LogP contribution in [-0.2, 0) is 14.8 Å². The van der Waals surface area contributed by atoms with Crippen LogP contribution >= 0.6 is 0 Å². The third-order valence-electron chi connectivity index (χ3n) is 6.48. The summed E-state index contributed by atoms with van der Waals surface area (Å²) in [6.07, 6.45) is 10.3. The van der Waals surface area contributed by atoms with E-state index in [-0.39, 0.29) is 24.1 Å². The molecule has 1 saturated heterocycles. The molecule has 1 saturated carbocycles. The number of nitrogens with zero attached hydrogens (tertiary/aromatic N) is 2. The minimum atomic E-state index is -3.39. The van der Waals surface area contributed by atoms with E-state index < -0.39 is 10.0 Å². The maximum atomic E-state index is 13.1. The van der Waals surface area contributed by atoms with Gasteiger partial charge in [-0.1, -0.05) is 13.8 Å². The first-order valence-corrected chi connectivity index (χ1v) is 12.9. The summed E-state index contributed by atoms with van der Waals surface area (Å²) in [5.41, 5.74) is 0.514. The van der Waals surface area contributed by atoms with Crippen LogP contribution in [0.3, 0.4) is 0 Å². The molecule has 1 aliphatic carbocycles. The van der Waals surface area contributed by atoms with E-state index >= 15 is 0 Å². The van der Waals surface area contributed by atoms with Crippen molar-refractivity contribution in [2.75, 3.05) is 19.4 Å². The van der Waals surface area contributed by atoms with E-state index in [0.717, 1.165) is 38.0 Å². The molecule has 2 fully saturated rings. The lowest BCUT2D eigenvalue weighted by Crippen LogP contribution is -2.59. The lowest BCUT2D eigenvalue weighted by Gasteiger charge is -2.42. The third kappa shape index (κ3) is 6.25. The van der Waals surface area contributed by atoms with Gasteiger partial charge in [0.25, 0.3) is 5.91 Å². The van der Waals surface area contributed by atoms with E-state index in [1.54, 1.807) is 29.4 Å². The Balaban J connectivity index is 1.70. The number of carbonyl (C=O) groups is 1. The number of amides is 1. The highest BCUT2D eigenvalue weighted by Crippen LogP contribution is 2.32. The van der Waals surface area contributed by atoms with Crippen molar-refractivity contribution in [3.63, 3.8) is 0 Å². The van der Waals surface area contributed by atoms with Gasteiger partial charge in [0.05, 0.1) is 30.6 Å². The SMILES string of the molecule is CC(C)C1CCC(OC[C@H]2[C@@H](NS(C)(=O)=O)CCCN2C(=O)c2cccnc2)CC1. The Morgan fingerprint density at radius 3 is 2.60 bits per heavy atom. The minimum absolute atomic E-state index is 0.125. The molecule has 168 valence electrons.